The van der Waals surface area contributed by atoms with Crippen LogP contribution in [-0.2, 0) is 11.3 Å². The monoisotopic (exact) mass is 434 g/mol. The number of rotatable bonds is 8. The number of hydrogen-bond acceptors (Lipinski definition) is 6. The molecule has 0 aliphatic carbocycles. The first kappa shape index (κ1) is 21.3. The molecule has 1 fully saturated rings. The van der Waals surface area contributed by atoms with Gasteiger partial charge < -0.3 is 10.1 Å². The zero-order valence-electron chi connectivity index (χ0n) is 17.3. The van der Waals surface area contributed by atoms with Crippen molar-refractivity contribution >= 4 is 17.7 Å². The van der Waals surface area contributed by atoms with Crippen LogP contribution < -0.4 is 10.1 Å². The second kappa shape index (κ2) is 10.9. The Hall–Kier alpha value is -2.90. The van der Waals surface area contributed by atoms with Gasteiger partial charge in [0.05, 0.1) is 5.75 Å². The molecule has 0 spiro atoms. The van der Waals surface area contributed by atoms with Crippen LogP contribution >= 0.6 is 11.8 Å². The summed E-state index contributed by atoms with van der Waals surface area (Å²) >= 11 is 1.34. The molecule has 0 unspecified atom stereocenters. The van der Waals surface area contributed by atoms with Crippen LogP contribution in [0.4, 0.5) is 0 Å². The lowest BCUT2D eigenvalue weighted by molar-refractivity contribution is -0.119. The summed E-state index contributed by atoms with van der Waals surface area (Å²) < 4.78 is 5.82. The van der Waals surface area contributed by atoms with Crippen molar-refractivity contribution in [1.82, 2.24) is 20.2 Å². The van der Waals surface area contributed by atoms with Crippen LogP contribution in [0.15, 0.2) is 78.1 Å². The molecule has 1 amide bonds. The number of benzene rings is 2. The van der Waals surface area contributed by atoms with Crippen molar-refractivity contribution in [3.63, 3.8) is 0 Å². The van der Waals surface area contributed by atoms with E-state index in [1.165, 1.54) is 17.3 Å². The molecule has 31 heavy (non-hydrogen) atoms. The molecule has 7 heteroatoms. The molecule has 2 heterocycles. The minimum Gasteiger partial charge on any atom is -0.437 e. The summed E-state index contributed by atoms with van der Waals surface area (Å²) in [5.41, 5.74) is 1.33. The minimum atomic E-state index is 0.0165. The number of aromatic nitrogens is 2. The van der Waals surface area contributed by atoms with Crippen molar-refractivity contribution in [2.24, 2.45) is 0 Å². The zero-order valence-corrected chi connectivity index (χ0v) is 18.1. The second-order valence-electron chi connectivity index (χ2n) is 7.47. The van der Waals surface area contributed by atoms with Crippen LogP contribution in [-0.4, -0.2) is 45.7 Å². The molecular weight excluding hydrogens is 408 g/mol. The molecule has 1 aliphatic heterocycles. The van der Waals surface area contributed by atoms with Gasteiger partial charge in [-0.2, -0.15) is 0 Å². The molecular formula is C24H26N4O2S. The molecule has 1 aliphatic rings. The topological polar surface area (TPSA) is 67.3 Å². The van der Waals surface area contributed by atoms with Gasteiger partial charge >= 0.3 is 0 Å². The predicted molar refractivity (Wildman–Crippen MR) is 122 cm³/mol. The van der Waals surface area contributed by atoms with Crippen LogP contribution in [0.3, 0.4) is 0 Å². The molecule has 0 bridgehead atoms. The van der Waals surface area contributed by atoms with Crippen LogP contribution in [0.5, 0.6) is 11.6 Å². The number of nitrogens with zero attached hydrogens (tertiary/aromatic N) is 3. The van der Waals surface area contributed by atoms with Crippen molar-refractivity contribution in [2.45, 2.75) is 30.5 Å². The normalized spacial score (nSPS) is 14.8. The summed E-state index contributed by atoms with van der Waals surface area (Å²) in [6.45, 7) is 2.95. The summed E-state index contributed by atoms with van der Waals surface area (Å²) in [6, 6.07) is 20.2. The third-order valence-corrected chi connectivity index (χ3v) is 6.09. The third kappa shape index (κ3) is 6.54. The highest BCUT2D eigenvalue weighted by molar-refractivity contribution is 8.00. The van der Waals surface area contributed by atoms with Crippen LogP contribution in [0.2, 0.25) is 0 Å². The van der Waals surface area contributed by atoms with Gasteiger partial charge in [0.1, 0.15) is 5.75 Å². The molecule has 1 N–H and O–H groups in total. The van der Waals surface area contributed by atoms with Crippen LogP contribution in [0, 0.1) is 0 Å². The van der Waals surface area contributed by atoms with E-state index in [2.05, 4.69) is 44.5 Å². The third-order valence-electron chi connectivity index (χ3n) is 5.13. The summed E-state index contributed by atoms with van der Waals surface area (Å²) in [5, 5.41) is 3.78. The second-order valence-corrected chi connectivity index (χ2v) is 8.44. The Morgan fingerprint density at radius 1 is 1.00 bits per heavy atom. The molecule has 1 aromatic heterocycles. The van der Waals surface area contributed by atoms with Gasteiger partial charge in [-0.1, -0.05) is 60.3 Å². The summed E-state index contributed by atoms with van der Waals surface area (Å²) in [5.74, 6) is 1.41. The van der Waals surface area contributed by atoms with E-state index in [1.54, 1.807) is 12.4 Å². The lowest BCUT2D eigenvalue weighted by atomic mass is 10.0. The highest BCUT2D eigenvalue weighted by atomic mass is 32.2. The quantitative estimate of drug-likeness (QED) is 0.538. The molecule has 6 nitrogen and oxygen atoms in total. The Balaban J connectivity index is 1.22. The maximum Gasteiger partial charge on any atom is 0.252 e. The summed E-state index contributed by atoms with van der Waals surface area (Å²) in [4.78, 5) is 23.5. The Labute approximate surface area is 187 Å². The van der Waals surface area contributed by atoms with Crippen molar-refractivity contribution in [1.29, 1.82) is 0 Å². The first-order valence-corrected chi connectivity index (χ1v) is 11.5. The number of nitrogens with one attached hydrogen (secondary N) is 1. The number of hydrogen-bond donors (Lipinski definition) is 1. The van der Waals surface area contributed by atoms with Gasteiger partial charge in [-0.25, -0.2) is 9.97 Å². The number of carbonyl (C=O) groups excluding carboxylic acids is 1. The standard InChI is InChI=1S/C24H26N4O2S/c29-22(27-20-11-15-28(16-12-20)17-19-7-3-1-4-8-19)18-31-24-23(25-13-14-26-24)30-21-9-5-2-6-10-21/h1-10,13-14,20H,11-12,15-18H2,(H,27,29). The average Bonchev–Trinajstić information content (AvgIpc) is 2.81. The van der Waals surface area contributed by atoms with Gasteiger partial charge in [0, 0.05) is 38.1 Å². The Morgan fingerprint density at radius 2 is 1.68 bits per heavy atom. The summed E-state index contributed by atoms with van der Waals surface area (Å²) in [7, 11) is 0. The number of thioether (sulfide) groups is 1. The largest absolute Gasteiger partial charge is 0.437 e. The minimum absolute atomic E-state index is 0.0165. The average molecular weight is 435 g/mol. The van der Waals surface area contributed by atoms with E-state index in [1.807, 2.05) is 36.4 Å². The zero-order chi connectivity index (χ0) is 21.3. The molecule has 3 aromatic rings. The van der Waals surface area contributed by atoms with E-state index in [-0.39, 0.29) is 17.7 Å². The molecule has 0 saturated carbocycles. The first-order chi connectivity index (χ1) is 15.3. The van der Waals surface area contributed by atoms with E-state index < -0.39 is 0 Å². The fraction of sp³-hybridized carbons (Fsp3) is 0.292. The fourth-order valence-corrected chi connectivity index (χ4v) is 4.27. The van der Waals surface area contributed by atoms with Crippen LogP contribution in [0.1, 0.15) is 18.4 Å². The number of piperidine rings is 1. The molecule has 1 saturated heterocycles. The van der Waals surface area contributed by atoms with Gasteiger partial charge in [-0.3, -0.25) is 9.69 Å². The molecule has 4 rings (SSSR count). The van der Waals surface area contributed by atoms with E-state index in [0.29, 0.717) is 16.7 Å². The van der Waals surface area contributed by atoms with Gasteiger partial charge in [0.25, 0.3) is 5.88 Å². The van der Waals surface area contributed by atoms with Crippen molar-refractivity contribution in [3.8, 4) is 11.6 Å². The lowest BCUT2D eigenvalue weighted by Crippen LogP contribution is -2.44. The molecule has 160 valence electrons. The van der Waals surface area contributed by atoms with Gasteiger partial charge in [-0.15, -0.1) is 0 Å². The maximum absolute atomic E-state index is 12.5. The Bertz CT molecular complexity index is 964. The smallest absolute Gasteiger partial charge is 0.252 e. The van der Waals surface area contributed by atoms with Crippen LogP contribution in [0.25, 0.3) is 0 Å². The van der Waals surface area contributed by atoms with E-state index in [4.69, 9.17) is 4.74 Å². The maximum atomic E-state index is 12.5. The molecule has 2 aromatic carbocycles. The van der Waals surface area contributed by atoms with E-state index in [9.17, 15) is 4.79 Å². The number of carbonyl (C=O) groups is 1. The molecule has 0 radical (unpaired) electrons. The highest BCUT2D eigenvalue weighted by Crippen LogP contribution is 2.28. The van der Waals surface area contributed by atoms with Gasteiger partial charge in [0.15, 0.2) is 5.03 Å². The number of para-hydroxylation sites is 1. The van der Waals surface area contributed by atoms with Crippen molar-refractivity contribution in [3.05, 3.63) is 78.6 Å². The highest BCUT2D eigenvalue weighted by Gasteiger charge is 2.21. The lowest BCUT2D eigenvalue weighted by Gasteiger charge is -2.32. The number of likely N-dealkylation sites (tertiary alicyclic amines) is 1. The van der Waals surface area contributed by atoms with Gasteiger partial charge in [0.2, 0.25) is 5.91 Å². The molecule has 0 atom stereocenters. The first-order valence-electron chi connectivity index (χ1n) is 10.5. The SMILES string of the molecule is O=C(CSc1nccnc1Oc1ccccc1)NC1CCN(Cc2ccccc2)CC1. The number of amides is 1. The Kier molecular flexibility index (Phi) is 7.52. The van der Waals surface area contributed by atoms with Gasteiger partial charge in [-0.05, 0) is 30.5 Å². The van der Waals surface area contributed by atoms with Crippen molar-refractivity contribution < 1.29 is 9.53 Å². The number of ether oxygens (including phenoxy) is 1. The fourth-order valence-electron chi connectivity index (χ4n) is 3.56. The van der Waals surface area contributed by atoms with E-state index >= 15 is 0 Å². The van der Waals surface area contributed by atoms with E-state index in [0.717, 1.165) is 32.5 Å². The predicted octanol–water partition coefficient (Wildman–Crippen LogP) is 4.14. The summed E-state index contributed by atoms with van der Waals surface area (Å²) in [6.07, 6.45) is 5.14. The Morgan fingerprint density at radius 3 is 2.42 bits per heavy atom. The van der Waals surface area contributed by atoms with Crippen molar-refractivity contribution in [2.75, 3.05) is 18.8 Å².